The smallest absolute Gasteiger partial charge is 0.348 e. The van der Waals surface area contributed by atoms with Crippen LogP contribution in [-0.4, -0.2) is 48.9 Å². The van der Waals surface area contributed by atoms with Crippen LogP contribution in [0.25, 0.3) is 10.8 Å². The fourth-order valence-corrected chi connectivity index (χ4v) is 5.21. The number of benzene rings is 2. The molecule has 7 heteroatoms. The summed E-state index contributed by atoms with van der Waals surface area (Å²) in [4.78, 5) is 42.6. The van der Waals surface area contributed by atoms with Crippen LogP contribution in [0.1, 0.15) is 56.1 Å². The Morgan fingerprint density at radius 1 is 0.938 bits per heavy atom. The minimum atomic E-state index is -0.378. The van der Waals surface area contributed by atoms with E-state index < -0.39 is 0 Å². The standard InChI is InChI=1S/C25H24N2O4S/c28-23-18-8-4-7-17-20(26-12-2-1-3-13-26)11-10-19(22(17)18)24(29)27(23)14-6-15-31-25(30)21-9-5-16-32-21/h4-5,7-11,16H,1-3,6,12-15H2. The van der Waals surface area contributed by atoms with Gasteiger partial charge in [-0.05, 0) is 55.3 Å². The number of piperidine rings is 1. The maximum atomic E-state index is 13.2. The van der Waals surface area contributed by atoms with Crippen molar-refractivity contribution >= 4 is 45.6 Å². The molecule has 0 bridgehead atoms. The molecule has 0 atom stereocenters. The molecule has 5 rings (SSSR count). The van der Waals surface area contributed by atoms with Crippen LogP contribution in [0.3, 0.4) is 0 Å². The lowest BCUT2D eigenvalue weighted by Crippen LogP contribution is -2.41. The molecular formula is C25H24N2O4S. The number of rotatable bonds is 6. The van der Waals surface area contributed by atoms with Gasteiger partial charge in [0.2, 0.25) is 0 Å². The SMILES string of the molecule is O=C(OCCCN1C(=O)c2cccc3c(N4CCCCC4)ccc(c23)C1=O)c1cccs1. The molecule has 3 heterocycles. The Morgan fingerprint density at radius 3 is 2.47 bits per heavy atom. The van der Waals surface area contributed by atoms with Crippen LogP contribution >= 0.6 is 11.3 Å². The lowest BCUT2D eigenvalue weighted by Gasteiger charge is -2.32. The fraction of sp³-hybridized carbons (Fsp3) is 0.320. The average Bonchev–Trinajstić information content (AvgIpc) is 3.37. The van der Waals surface area contributed by atoms with E-state index in [1.165, 1.54) is 22.7 Å². The number of hydrogen-bond donors (Lipinski definition) is 0. The number of thiophene rings is 1. The van der Waals surface area contributed by atoms with Crippen molar-refractivity contribution in [3.05, 3.63) is 63.8 Å². The molecule has 0 spiro atoms. The summed E-state index contributed by atoms with van der Waals surface area (Å²) in [6.07, 6.45) is 3.95. The molecule has 0 aliphatic carbocycles. The molecule has 3 aromatic rings. The summed E-state index contributed by atoms with van der Waals surface area (Å²) >= 11 is 1.32. The Morgan fingerprint density at radius 2 is 1.72 bits per heavy atom. The summed E-state index contributed by atoms with van der Waals surface area (Å²) in [6.45, 7) is 2.35. The zero-order valence-corrected chi connectivity index (χ0v) is 18.5. The minimum Gasteiger partial charge on any atom is -0.461 e. The second kappa shape index (κ2) is 8.74. The number of carbonyl (C=O) groups excluding carboxylic acids is 3. The van der Waals surface area contributed by atoms with Crippen LogP contribution < -0.4 is 4.90 Å². The third-order valence-corrected chi connectivity index (χ3v) is 7.00. The highest BCUT2D eigenvalue weighted by atomic mass is 32.1. The van der Waals surface area contributed by atoms with Gasteiger partial charge in [0.15, 0.2) is 0 Å². The van der Waals surface area contributed by atoms with Gasteiger partial charge in [0.25, 0.3) is 11.8 Å². The summed E-state index contributed by atoms with van der Waals surface area (Å²) < 4.78 is 5.27. The van der Waals surface area contributed by atoms with Gasteiger partial charge >= 0.3 is 5.97 Å². The Bertz CT molecular complexity index is 1160. The molecule has 2 aliphatic heterocycles. The molecule has 0 N–H and O–H groups in total. The molecule has 2 aliphatic rings. The predicted molar refractivity (Wildman–Crippen MR) is 125 cm³/mol. The van der Waals surface area contributed by atoms with Gasteiger partial charge in [-0.2, -0.15) is 0 Å². The lowest BCUT2D eigenvalue weighted by atomic mass is 9.92. The molecule has 32 heavy (non-hydrogen) atoms. The Hall–Kier alpha value is -3.19. The van der Waals surface area contributed by atoms with E-state index in [1.807, 2.05) is 29.6 Å². The van der Waals surface area contributed by atoms with E-state index in [2.05, 4.69) is 4.90 Å². The average molecular weight is 449 g/mol. The Kier molecular flexibility index (Phi) is 5.66. The summed E-state index contributed by atoms with van der Waals surface area (Å²) in [5, 5.41) is 3.54. The molecule has 2 aromatic carbocycles. The van der Waals surface area contributed by atoms with Gasteiger partial charge in [0.1, 0.15) is 4.88 Å². The van der Waals surface area contributed by atoms with Crippen molar-refractivity contribution < 1.29 is 19.1 Å². The first-order chi connectivity index (χ1) is 15.6. The van der Waals surface area contributed by atoms with Gasteiger partial charge in [0.05, 0.1) is 6.61 Å². The molecule has 164 valence electrons. The summed E-state index contributed by atoms with van der Waals surface area (Å²) in [5.74, 6) is -0.946. The Labute approximate surface area is 190 Å². The van der Waals surface area contributed by atoms with Gasteiger partial charge < -0.3 is 9.64 Å². The normalized spacial score (nSPS) is 16.0. The van der Waals surface area contributed by atoms with E-state index >= 15 is 0 Å². The summed E-state index contributed by atoms with van der Waals surface area (Å²) in [6, 6.07) is 13.1. The molecular weight excluding hydrogens is 424 g/mol. The van der Waals surface area contributed by atoms with E-state index in [4.69, 9.17) is 4.74 Å². The number of anilines is 1. The van der Waals surface area contributed by atoms with E-state index in [1.54, 1.807) is 18.2 Å². The first kappa shape index (κ1) is 20.7. The van der Waals surface area contributed by atoms with Gasteiger partial charge in [-0.3, -0.25) is 14.5 Å². The van der Waals surface area contributed by atoms with Crippen molar-refractivity contribution in [3.63, 3.8) is 0 Å². The fourth-order valence-electron chi connectivity index (χ4n) is 4.60. The quantitative estimate of drug-likeness (QED) is 0.310. The van der Waals surface area contributed by atoms with Crippen LogP contribution in [0, 0.1) is 0 Å². The number of carbonyl (C=O) groups is 3. The highest BCUT2D eigenvalue weighted by Crippen LogP contribution is 2.36. The molecule has 1 fully saturated rings. The molecule has 0 unspecified atom stereocenters. The number of amides is 2. The third kappa shape index (κ3) is 3.66. The van der Waals surface area contributed by atoms with Crippen molar-refractivity contribution in [2.24, 2.45) is 0 Å². The third-order valence-electron chi connectivity index (χ3n) is 6.15. The van der Waals surface area contributed by atoms with Crippen LogP contribution in [0.15, 0.2) is 47.8 Å². The molecule has 1 aromatic heterocycles. The van der Waals surface area contributed by atoms with Gasteiger partial charge in [-0.15, -0.1) is 11.3 Å². The monoisotopic (exact) mass is 448 g/mol. The zero-order chi connectivity index (χ0) is 22.1. The minimum absolute atomic E-state index is 0.152. The topological polar surface area (TPSA) is 66.9 Å². The van der Waals surface area contributed by atoms with Crippen molar-refractivity contribution in [1.29, 1.82) is 0 Å². The lowest BCUT2D eigenvalue weighted by molar-refractivity contribution is 0.0481. The van der Waals surface area contributed by atoms with E-state index in [0.29, 0.717) is 22.4 Å². The molecule has 2 amide bonds. The van der Waals surface area contributed by atoms with Crippen LogP contribution in [0.5, 0.6) is 0 Å². The number of esters is 1. The summed E-state index contributed by atoms with van der Waals surface area (Å²) in [7, 11) is 0. The second-order valence-corrected chi connectivity index (χ2v) is 9.08. The summed E-state index contributed by atoms with van der Waals surface area (Å²) in [5.41, 5.74) is 2.22. The van der Waals surface area contributed by atoms with Crippen molar-refractivity contribution in [2.45, 2.75) is 25.7 Å². The predicted octanol–water partition coefficient (Wildman–Crippen LogP) is 4.73. The van der Waals surface area contributed by atoms with Crippen LogP contribution in [0.4, 0.5) is 5.69 Å². The molecule has 6 nitrogen and oxygen atoms in total. The van der Waals surface area contributed by atoms with Crippen LogP contribution in [0.2, 0.25) is 0 Å². The largest absolute Gasteiger partial charge is 0.461 e. The maximum absolute atomic E-state index is 13.2. The molecule has 1 saturated heterocycles. The van der Waals surface area contributed by atoms with Gasteiger partial charge in [-0.1, -0.05) is 18.2 Å². The number of ether oxygens (including phenoxy) is 1. The molecule has 0 saturated carbocycles. The zero-order valence-electron chi connectivity index (χ0n) is 17.7. The maximum Gasteiger partial charge on any atom is 0.348 e. The Balaban J connectivity index is 1.35. The van der Waals surface area contributed by atoms with Crippen LogP contribution in [-0.2, 0) is 4.74 Å². The van der Waals surface area contributed by atoms with E-state index in [-0.39, 0.29) is 30.9 Å². The number of hydrogen-bond acceptors (Lipinski definition) is 6. The molecule has 0 radical (unpaired) electrons. The highest BCUT2D eigenvalue weighted by molar-refractivity contribution is 7.11. The van der Waals surface area contributed by atoms with E-state index in [0.717, 1.165) is 42.4 Å². The number of imide groups is 1. The second-order valence-electron chi connectivity index (χ2n) is 8.14. The van der Waals surface area contributed by atoms with Crippen molar-refractivity contribution in [1.82, 2.24) is 4.90 Å². The highest BCUT2D eigenvalue weighted by Gasteiger charge is 2.33. The van der Waals surface area contributed by atoms with Crippen molar-refractivity contribution in [2.75, 3.05) is 31.1 Å². The van der Waals surface area contributed by atoms with Gasteiger partial charge in [0, 0.05) is 47.2 Å². The van der Waals surface area contributed by atoms with Gasteiger partial charge in [-0.25, -0.2) is 4.79 Å². The first-order valence-corrected chi connectivity index (χ1v) is 11.9. The van der Waals surface area contributed by atoms with E-state index in [9.17, 15) is 14.4 Å². The number of nitrogens with zero attached hydrogens (tertiary/aromatic N) is 2. The van der Waals surface area contributed by atoms with Crippen molar-refractivity contribution in [3.8, 4) is 0 Å². The first-order valence-electron chi connectivity index (χ1n) is 11.0.